The van der Waals surface area contributed by atoms with Gasteiger partial charge in [0.2, 0.25) is 10.0 Å². The molecule has 3 aromatic carbocycles. The van der Waals surface area contributed by atoms with Crippen LogP contribution < -0.4 is 14.8 Å². The molecule has 0 bridgehead atoms. The molecule has 3 N–H and O–H groups in total. The van der Waals surface area contributed by atoms with Crippen LogP contribution in [0.3, 0.4) is 0 Å². The summed E-state index contributed by atoms with van der Waals surface area (Å²) < 4.78 is 45.9. The third-order valence-corrected chi connectivity index (χ3v) is 7.47. The average molecular weight is 544 g/mol. The molecule has 0 aliphatic carbocycles. The molecule has 198 valence electrons. The lowest BCUT2D eigenvalue weighted by Crippen LogP contribution is -2.29. The van der Waals surface area contributed by atoms with Gasteiger partial charge in [-0.25, -0.2) is 27.5 Å². The molecule has 2 heterocycles. The van der Waals surface area contributed by atoms with Gasteiger partial charge in [0.05, 0.1) is 23.4 Å². The summed E-state index contributed by atoms with van der Waals surface area (Å²) >= 11 is 0. The SMILES string of the molecule is COc1cccc(-c2nc(-c3ccccc3)[nH]c2-c2ccnc(NCCNS(=O)(=O)c3ccc(F)cc3)c2)c1. The number of nitrogens with one attached hydrogen (secondary N) is 3. The number of aromatic nitrogens is 3. The molecule has 0 fully saturated rings. The first-order valence-electron chi connectivity index (χ1n) is 12.2. The second kappa shape index (κ2) is 11.5. The summed E-state index contributed by atoms with van der Waals surface area (Å²) in [4.78, 5) is 12.8. The molecular weight excluding hydrogens is 517 g/mol. The maximum Gasteiger partial charge on any atom is 0.240 e. The number of ether oxygens (including phenoxy) is 1. The fraction of sp³-hybridized carbons (Fsp3) is 0.103. The number of sulfonamides is 1. The van der Waals surface area contributed by atoms with E-state index in [0.717, 1.165) is 51.8 Å². The van der Waals surface area contributed by atoms with Crippen LogP contribution in [0.4, 0.5) is 10.2 Å². The van der Waals surface area contributed by atoms with Crippen molar-refractivity contribution in [3.05, 3.63) is 103 Å². The summed E-state index contributed by atoms with van der Waals surface area (Å²) in [7, 11) is -2.12. The van der Waals surface area contributed by atoms with Gasteiger partial charge in [0.25, 0.3) is 0 Å². The fourth-order valence-electron chi connectivity index (χ4n) is 4.05. The van der Waals surface area contributed by atoms with Gasteiger partial charge in [-0.1, -0.05) is 42.5 Å². The molecule has 0 saturated carbocycles. The topological polar surface area (TPSA) is 109 Å². The van der Waals surface area contributed by atoms with Crippen LogP contribution in [0.15, 0.2) is 102 Å². The van der Waals surface area contributed by atoms with Crippen molar-refractivity contribution < 1.29 is 17.5 Å². The van der Waals surface area contributed by atoms with Crippen molar-refractivity contribution in [2.24, 2.45) is 0 Å². The molecule has 0 aliphatic heterocycles. The lowest BCUT2D eigenvalue weighted by molar-refractivity contribution is 0.415. The Morgan fingerprint density at radius 2 is 1.64 bits per heavy atom. The van der Waals surface area contributed by atoms with Crippen molar-refractivity contribution in [1.82, 2.24) is 19.7 Å². The van der Waals surface area contributed by atoms with Gasteiger partial charge in [-0.3, -0.25) is 0 Å². The number of halogens is 1. The van der Waals surface area contributed by atoms with Crippen LogP contribution in [-0.2, 0) is 10.0 Å². The second-order valence-electron chi connectivity index (χ2n) is 8.62. The molecule has 8 nitrogen and oxygen atoms in total. The first-order chi connectivity index (χ1) is 18.9. The number of H-pyrrole nitrogens is 1. The monoisotopic (exact) mass is 543 g/mol. The summed E-state index contributed by atoms with van der Waals surface area (Å²) in [6.07, 6.45) is 1.68. The molecule has 0 saturated heterocycles. The zero-order valence-electron chi connectivity index (χ0n) is 21.1. The highest BCUT2D eigenvalue weighted by Crippen LogP contribution is 2.34. The van der Waals surface area contributed by atoms with E-state index in [1.165, 1.54) is 12.1 Å². The van der Waals surface area contributed by atoms with Gasteiger partial charge >= 0.3 is 0 Å². The van der Waals surface area contributed by atoms with Gasteiger partial charge in [0.15, 0.2) is 0 Å². The van der Waals surface area contributed by atoms with Crippen molar-refractivity contribution in [3.8, 4) is 39.7 Å². The predicted molar refractivity (Wildman–Crippen MR) is 149 cm³/mol. The van der Waals surface area contributed by atoms with E-state index in [1.807, 2.05) is 66.7 Å². The van der Waals surface area contributed by atoms with Crippen LogP contribution in [-0.4, -0.2) is 43.6 Å². The maximum atomic E-state index is 13.1. The Labute approximate surface area is 226 Å². The summed E-state index contributed by atoms with van der Waals surface area (Å²) in [5.41, 5.74) is 4.27. The van der Waals surface area contributed by atoms with Gasteiger partial charge in [-0.15, -0.1) is 0 Å². The van der Waals surface area contributed by atoms with Crippen LogP contribution >= 0.6 is 0 Å². The lowest BCUT2D eigenvalue weighted by Gasteiger charge is -2.10. The van der Waals surface area contributed by atoms with Crippen LogP contribution in [0.2, 0.25) is 0 Å². The van der Waals surface area contributed by atoms with E-state index >= 15 is 0 Å². The summed E-state index contributed by atoms with van der Waals surface area (Å²) in [6.45, 7) is 0.404. The van der Waals surface area contributed by atoms with E-state index in [1.54, 1.807) is 13.3 Å². The second-order valence-corrected chi connectivity index (χ2v) is 10.4. The Kier molecular flexibility index (Phi) is 7.67. The van der Waals surface area contributed by atoms with Crippen molar-refractivity contribution in [1.29, 1.82) is 0 Å². The number of aromatic amines is 1. The van der Waals surface area contributed by atoms with Crippen LogP contribution in [0.5, 0.6) is 5.75 Å². The third kappa shape index (κ3) is 6.14. The molecular formula is C29H26FN5O3S. The zero-order valence-corrected chi connectivity index (χ0v) is 21.9. The molecule has 0 amide bonds. The molecule has 5 aromatic rings. The van der Waals surface area contributed by atoms with Crippen molar-refractivity contribution in [3.63, 3.8) is 0 Å². The largest absolute Gasteiger partial charge is 0.497 e. The quantitative estimate of drug-likeness (QED) is 0.205. The first-order valence-corrected chi connectivity index (χ1v) is 13.7. The molecule has 0 atom stereocenters. The number of imidazole rings is 1. The molecule has 5 rings (SSSR count). The molecule has 0 unspecified atom stereocenters. The Morgan fingerprint density at radius 3 is 2.41 bits per heavy atom. The number of hydrogen-bond donors (Lipinski definition) is 3. The molecule has 39 heavy (non-hydrogen) atoms. The molecule has 0 spiro atoms. The third-order valence-electron chi connectivity index (χ3n) is 5.99. The predicted octanol–water partition coefficient (Wildman–Crippen LogP) is 5.34. The molecule has 0 aliphatic rings. The van der Waals surface area contributed by atoms with Crippen molar-refractivity contribution in [2.45, 2.75) is 4.90 Å². The van der Waals surface area contributed by atoms with Crippen LogP contribution in [0, 0.1) is 5.82 Å². The van der Waals surface area contributed by atoms with Gasteiger partial charge in [0, 0.05) is 36.0 Å². The number of nitrogens with zero attached hydrogens (tertiary/aromatic N) is 2. The highest BCUT2D eigenvalue weighted by atomic mass is 32.2. The normalized spacial score (nSPS) is 11.3. The maximum absolute atomic E-state index is 13.1. The fourth-order valence-corrected chi connectivity index (χ4v) is 5.08. The molecule has 10 heteroatoms. The van der Waals surface area contributed by atoms with Crippen molar-refractivity contribution >= 4 is 15.8 Å². The number of benzene rings is 3. The van der Waals surface area contributed by atoms with E-state index in [2.05, 4.69) is 20.0 Å². The molecule has 2 aromatic heterocycles. The van der Waals surface area contributed by atoms with E-state index in [-0.39, 0.29) is 18.0 Å². The first kappa shape index (κ1) is 26.1. The van der Waals surface area contributed by atoms with Crippen LogP contribution in [0.25, 0.3) is 33.9 Å². The number of rotatable bonds is 10. The highest BCUT2D eigenvalue weighted by molar-refractivity contribution is 7.89. The smallest absolute Gasteiger partial charge is 0.240 e. The van der Waals surface area contributed by atoms with Gasteiger partial charge in [0.1, 0.15) is 23.2 Å². The highest BCUT2D eigenvalue weighted by Gasteiger charge is 2.17. The van der Waals surface area contributed by atoms with Crippen molar-refractivity contribution in [2.75, 3.05) is 25.5 Å². The number of hydrogen-bond acceptors (Lipinski definition) is 6. The van der Waals surface area contributed by atoms with E-state index in [9.17, 15) is 12.8 Å². The van der Waals surface area contributed by atoms with Gasteiger partial charge in [-0.05, 0) is 48.5 Å². The Bertz CT molecular complexity index is 1670. The van der Waals surface area contributed by atoms with E-state index < -0.39 is 15.8 Å². The zero-order chi connectivity index (χ0) is 27.2. The Hall–Kier alpha value is -4.54. The van der Waals surface area contributed by atoms with Gasteiger partial charge < -0.3 is 15.0 Å². The number of methoxy groups -OCH3 is 1. The minimum atomic E-state index is -3.75. The van der Waals surface area contributed by atoms with E-state index in [0.29, 0.717) is 5.82 Å². The number of pyridine rings is 1. The summed E-state index contributed by atoms with van der Waals surface area (Å²) in [5.74, 6) is 1.53. The Morgan fingerprint density at radius 1 is 0.872 bits per heavy atom. The minimum absolute atomic E-state index is 0.00237. The summed E-state index contributed by atoms with van der Waals surface area (Å²) in [5, 5.41) is 3.15. The summed E-state index contributed by atoms with van der Waals surface area (Å²) in [6, 6.07) is 26.0. The lowest BCUT2D eigenvalue weighted by atomic mass is 10.1. The number of anilines is 1. The van der Waals surface area contributed by atoms with Gasteiger partial charge in [-0.2, -0.15) is 0 Å². The minimum Gasteiger partial charge on any atom is -0.497 e. The standard InChI is InChI=1S/C29H26FN5O3S/c1-38-24-9-5-8-21(18-24)27-28(35-29(34-27)20-6-3-2-4-7-20)22-14-15-31-26(19-22)32-16-17-33-39(36,37)25-12-10-23(30)11-13-25/h2-15,18-19,33H,16-17H2,1H3,(H,31,32)(H,34,35). The molecule has 0 radical (unpaired) electrons. The average Bonchev–Trinajstić information content (AvgIpc) is 3.42. The Balaban J connectivity index is 1.37. The van der Waals surface area contributed by atoms with E-state index in [4.69, 9.17) is 9.72 Å². The van der Waals surface area contributed by atoms with Crippen LogP contribution in [0.1, 0.15) is 0 Å².